The van der Waals surface area contributed by atoms with Crippen LogP contribution in [0.3, 0.4) is 0 Å². The van der Waals surface area contributed by atoms with E-state index in [2.05, 4.69) is 43.4 Å². The van der Waals surface area contributed by atoms with Gasteiger partial charge in [0.25, 0.3) is 5.91 Å². The topological polar surface area (TPSA) is 115 Å². The molecule has 2 fully saturated rings. The van der Waals surface area contributed by atoms with Crippen LogP contribution in [-0.2, 0) is 45.9 Å². The molecule has 51 heavy (non-hydrogen) atoms. The maximum atomic E-state index is 14.8. The molecule has 4 aliphatic rings. The van der Waals surface area contributed by atoms with Gasteiger partial charge in [0.15, 0.2) is 0 Å². The van der Waals surface area contributed by atoms with Crippen LogP contribution >= 0.6 is 11.6 Å². The first kappa shape index (κ1) is 35.7. The molecule has 2 amide bonds. The fourth-order valence-electron chi connectivity index (χ4n) is 8.05. The second kappa shape index (κ2) is 14.4. The maximum Gasteiger partial charge on any atom is 0.286 e. The van der Waals surface area contributed by atoms with E-state index in [1.165, 1.54) is 11.1 Å². The number of hydrogen-bond acceptors (Lipinski definition) is 7. The van der Waals surface area contributed by atoms with Crippen LogP contribution in [0, 0.1) is 23.2 Å². The predicted molar refractivity (Wildman–Crippen MR) is 199 cm³/mol. The maximum absolute atomic E-state index is 14.8. The molecule has 12 heteroatoms. The first-order valence-corrected chi connectivity index (χ1v) is 20.0. The average molecular weight is 734 g/mol. The largest absolute Gasteiger partial charge is 0.491 e. The SMILES string of the molecule is COC1/C=C/CC(C)C(C)S(=O)(NC(=O)CCc2ccnn2C)=NC(=O)c2ccc3c(c2)N(Cc2ccc(Cl)cc2CCCCO3)CC23CC2C13. The van der Waals surface area contributed by atoms with E-state index in [-0.39, 0.29) is 23.9 Å². The summed E-state index contributed by atoms with van der Waals surface area (Å²) in [7, 11) is 0.0396. The van der Waals surface area contributed by atoms with Crippen molar-refractivity contribution >= 4 is 39.0 Å². The van der Waals surface area contributed by atoms with Crippen LogP contribution in [-0.4, -0.2) is 57.4 Å². The number of hydrogen-bond donors (Lipinski definition) is 1. The van der Waals surface area contributed by atoms with Gasteiger partial charge in [-0.25, -0.2) is 4.21 Å². The molecule has 3 aromatic rings. The average Bonchev–Trinajstić information content (AvgIpc) is 3.91. The third-order valence-electron chi connectivity index (χ3n) is 11.6. The number of halogens is 1. The summed E-state index contributed by atoms with van der Waals surface area (Å²) in [6.07, 6.45) is 10.8. The van der Waals surface area contributed by atoms with Crippen LogP contribution in [0.25, 0.3) is 0 Å². The van der Waals surface area contributed by atoms with Crippen LogP contribution in [0.2, 0.25) is 5.02 Å². The highest BCUT2D eigenvalue weighted by Gasteiger charge is 2.80. The lowest BCUT2D eigenvalue weighted by atomic mass is 9.96. The van der Waals surface area contributed by atoms with Gasteiger partial charge in [0.05, 0.1) is 23.6 Å². The molecule has 2 aliphatic heterocycles. The minimum Gasteiger partial charge on any atom is -0.491 e. The van der Waals surface area contributed by atoms with Gasteiger partial charge in [-0.1, -0.05) is 36.7 Å². The van der Waals surface area contributed by atoms with Crippen LogP contribution in [0.5, 0.6) is 5.75 Å². The molecule has 2 saturated carbocycles. The Morgan fingerprint density at radius 1 is 1.16 bits per heavy atom. The Morgan fingerprint density at radius 3 is 2.76 bits per heavy atom. The second-order valence-corrected chi connectivity index (χ2v) is 17.5. The molecular weight excluding hydrogens is 686 g/mol. The first-order valence-electron chi connectivity index (χ1n) is 18.1. The van der Waals surface area contributed by atoms with Gasteiger partial charge < -0.3 is 14.4 Å². The number of rotatable bonds is 5. The molecule has 3 heterocycles. The van der Waals surface area contributed by atoms with Crippen LogP contribution in [0.4, 0.5) is 5.69 Å². The van der Waals surface area contributed by atoms with E-state index >= 15 is 0 Å². The van der Waals surface area contributed by atoms with E-state index in [1.54, 1.807) is 31.0 Å². The summed E-state index contributed by atoms with van der Waals surface area (Å²) in [4.78, 5) is 29.8. The molecule has 2 aliphatic carbocycles. The number of aromatic nitrogens is 2. The summed E-state index contributed by atoms with van der Waals surface area (Å²) >= 11 is 6.48. The Balaban J connectivity index is 1.29. The van der Waals surface area contributed by atoms with Crippen molar-refractivity contribution in [2.24, 2.45) is 34.6 Å². The highest BCUT2D eigenvalue weighted by Crippen LogP contribution is 2.81. The Morgan fingerprint density at radius 2 is 2.00 bits per heavy atom. The standard InChI is InChI=1S/C39H48ClN5O5S/c1-25-8-7-10-35(49-4)37-32-22-39(32,37)24-45-23-29-11-13-30(40)20-27(29)9-5-6-19-50-34-15-12-28(21-33(34)45)38(47)43-51(48,26(25)2)42-36(46)16-14-31-17-18-41-44(31)3/h7,10-13,15,17-18,20-21,25-26,32,35,37H,5-6,8-9,14,16,19,22-24H2,1-4H3,(H,42,43,46,47,48)/b10-7+. The lowest BCUT2D eigenvalue weighted by Crippen LogP contribution is -2.40. The summed E-state index contributed by atoms with van der Waals surface area (Å²) in [5, 5.41) is 4.27. The van der Waals surface area contributed by atoms with E-state index < -0.39 is 27.0 Å². The third-order valence-corrected chi connectivity index (χ3v) is 14.3. The van der Waals surface area contributed by atoms with Crippen molar-refractivity contribution in [3.05, 3.63) is 88.2 Å². The number of fused-ring (bicyclic) bond motifs is 3. The van der Waals surface area contributed by atoms with Gasteiger partial charge in [-0.2, -0.15) is 5.10 Å². The summed E-state index contributed by atoms with van der Waals surface area (Å²) in [6, 6.07) is 13.3. The zero-order chi connectivity index (χ0) is 35.9. The summed E-state index contributed by atoms with van der Waals surface area (Å²) in [6.45, 7) is 5.72. The smallest absolute Gasteiger partial charge is 0.286 e. The molecule has 2 bridgehead atoms. The number of carbonyl (C=O) groups excluding carboxylic acids is 2. The molecule has 7 rings (SSSR count). The Hall–Kier alpha value is -3.67. The molecule has 0 saturated heterocycles. The van der Waals surface area contributed by atoms with Gasteiger partial charge in [-0.05, 0) is 116 Å². The number of nitrogens with zero attached hydrogens (tertiary/aromatic N) is 4. The number of allylic oxidation sites excluding steroid dienone is 1. The van der Waals surface area contributed by atoms with Gasteiger partial charge in [-0.15, -0.1) is 4.36 Å². The number of aryl methyl sites for hydroxylation is 3. The van der Waals surface area contributed by atoms with Crippen molar-refractivity contribution in [2.75, 3.05) is 25.2 Å². The monoisotopic (exact) mass is 733 g/mol. The molecule has 10 nitrogen and oxygen atoms in total. The fraction of sp³-hybridized carbons (Fsp3) is 0.513. The third kappa shape index (κ3) is 7.35. The predicted octanol–water partition coefficient (Wildman–Crippen LogP) is 6.70. The first-order chi connectivity index (χ1) is 24.5. The quantitative estimate of drug-likeness (QED) is 0.290. The van der Waals surface area contributed by atoms with Crippen molar-refractivity contribution in [1.29, 1.82) is 0 Å². The highest BCUT2D eigenvalue weighted by atomic mass is 35.5. The number of amides is 2. The van der Waals surface area contributed by atoms with E-state index in [1.807, 2.05) is 38.2 Å². The Labute approximate surface area is 306 Å². The number of ether oxygens (including phenoxy) is 2. The minimum absolute atomic E-state index is 0.0430. The lowest BCUT2D eigenvalue weighted by molar-refractivity contribution is -0.119. The number of benzene rings is 2. The molecule has 7 atom stereocenters. The fourth-order valence-corrected chi connectivity index (χ4v) is 10.2. The molecule has 2 aromatic carbocycles. The van der Waals surface area contributed by atoms with Crippen molar-refractivity contribution < 1.29 is 23.3 Å². The molecule has 1 aromatic heterocycles. The Kier molecular flexibility index (Phi) is 10.1. The van der Waals surface area contributed by atoms with Crippen molar-refractivity contribution in [2.45, 2.75) is 76.7 Å². The van der Waals surface area contributed by atoms with Crippen molar-refractivity contribution in [3.8, 4) is 5.75 Å². The van der Waals surface area contributed by atoms with Gasteiger partial charge >= 0.3 is 0 Å². The van der Waals surface area contributed by atoms with Gasteiger partial charge in [0.2, 0.25) is 5.91 Å². The molecule has 1 N–H and O–H groups in total. The number of methoxy groups -OCH3 is 1. The number of carbonyl (C=O) groups is 2. The number of anilines is 1. The van der Waals surface area contributed by atoms with Gasteiger partial charge in [0, 0.05) is 56.1 Å². The van der Waals surface area contributed by atoms with E-state index in [0.717, 1.165) is 48.6 Å². The molecule has 272 valence electrons. The van der Waals surface area contributed by atoms with E-state index in [9.17, 15) is 13.8 Å². The van der Waals surface area contributed by atoms with E-state index in [4.69, 9.17) is 21.1 Å². The molecule has 0 radical (unpaired) electrons. The van der Waals surface area contributed by atoms with E-state index in [0.29, 0.717) is 49.1 Å². The normalized spacial score (nSPS) is 31.0. The Bertz CT molecular complexity index is 1970. The van der Waals surface area contributed by atoms with Gasteiger partial charge in [-0.3, -0.25) is 19.0 Å². The molecule has 7 unspecified atom stereocenters. The highest BCUT2D eigenvalue weighted by molar-refractivity contribution is 7.93. The van der Waals surface area contributed by atoms with Crippen LogP contribution < -0.4 is 14.4 Å². The minimum atomic E-state index is -3.54. The van der Waals surface area contributed by atoms with Gasteiger partial charge in [0.1, 0.15) is 15.7 Å². The number of nitrogens with one attached hydrogen (secondary N) is 1. The summed E-state index contributed by atoms with van der Waals surface area (Å²) in [5.41, 5.74) is 4.50. The summed E-state index contributed by atoms with van der Waals surface area (Å²) in [5.74, 6) is 0.426. The molecular formula is C39H48ClN5O5S. The van der Waals surface area contributed by atoms with Crippen molar-refractivity contribution in [1.82, 2.24) is 14.5 Å². The summed E-state index contributed by atoms with van der Waals surface area (Å²) < 4.78 is 36.1. The zero-order valence-corrected chi connectivity index (χ0v) is 31.4. The molecule has 1 spiro atoms. The lowest BCUT2D eigenvalue weighted by Gasteiger charge is -2.31. The van der Waals surface area contributed by atoms with Crippen LogP contribution in [0.1, 0.15) is 73.1 Å². The second-order valence-electron chi connectivity index (χ2n) is 14.8. The van der Waals surface area contributed by atoms with Crippen molar-refractivity contribution in [3.63, 3.8) is 0 Å². The zero-order valence-electron chi connectivity index (χ0n) is 29.8. The van der Waals surface area contributed by atoms with Crippen LogP contribution in [0.15, 0.2) is 65.2 Å².